The molecule has 27 heavy (non-hydrogen) atoms. The second kappa shape index (κ2) is 6.60. The Hall–Kier alpha value is -1.92. The fourth-order valence-electron chi connectivity index (χ4n) is 5.84. The summed E-state index contributed by atoms with van der Waals surface area (Å²) in [5, 5.41) is 17.1. The zero-order chi connectivity index (χ0) is 18.5. The van der Waals surface area contributed by atoms with Crippen molar-refractivity contribution in [2.45, 2.75) is 56.3 Å². The lowest BCUT2D eigenvalue weighted by Crippen LogP contribution is -2.68. The number of aliphatic hydroxyl groups excluding tert-OH is 1. The number of carbonyl (C=O) groups excluding carboxylic acids is 2. The van der Waals surface area contributed by atoms with Crippen LogP contribution in [0.2, 0.25) is 0 Å². The lowest BCUT2D eigenvalue weighted by molar-refractivity contribution is -0.157. The van der Waals surface area contributed by atoms with Crippen molar-refractivity contribution in [3.8, 4) is 0 Å². The van der Waals surface area contributed by atoms with E-state index in [0.29, 0.717) is 18.8 Å². The number of benzene rings is 1. The molecule has 6 nitrogen and oxygen atoms in total. The Morgan fingerprint density at radius 1 is 1.22 bits per heavy atom. The first-order chi connectivity index (χ1) is 13.1. The summed E-state index contributed by atoms with van der Waals surface area (Å²) in [7, 11) is 0. The molecule has 2 amide bonds. The van der Waals surface area contributed by atoms with E-state index in [1.807, 2.05) is 29.2 Å². The Morgan fingerprint density at radius 3 is 2.93 bits per heavy atom. The molecule has 3 fully saturated rings. The number of fused-ring (bicyclic) bond motifs is 5. The number of carbonyl (C=O) groups is 2. The molecule has 6 atom stereocenters. The van der Waals surface area contributed by atoms with Crippen LogP contribution in [0.25, 0.3) is 0 Å². The Morgan fingerprint density at radius 2 is 2.04 bits per heavy atom. The summed E-state index contributed by atoms with van der Waals surface area (Å²) < 4.78 is 0. The highest BCUT2D eigenvalue weighted by Crippen LogP contribution is 2.40. The molecule has 4 aliphatic rings. The Bertz CT molecular complexity index is 767. The fraction of sp³-hybridized carbons (Fsp3) is 0.619. The van der Waals surface area contributed by atoms with E-state index in [0.717, 1.165) is 43.5 Å². The van der Waals surface area contributed by atoms with Gasteiger partial charge in [-0.05, 0) is 42.9 Å². The molecular formula is C21H27N3O3. The maximum absolute atomic E-state index is 13.4. The van der Waals surface area contributed by atoms with Gasteiger partial charge in [-0.3, -0.25) is 9.59 Å². The summed E-state index contributed by atoms with van der Waals surface area (Å²) in [4.78, 5) is 28.0. The number of hydrogen-bond donors (Lipinski definition) is 3. The number of nitrogens with one attached hydrogen (secondary N) is 2. The van der Waals surface area contributed by atoms with E-state index in [1.165, 1.54) is 0 Å². The number of rotatable bonds is 2. The molecule has 1 aromatic carbocycles. The summed E-state index contributed by atoms with van der Waals surface area (Å²) in [6.45, 7) is 1.71. The molecule has 0 unspecified atom stereocenters. The van der Waals surface area contributed by atoms with E-state index < -0.39 is 12.1 Å². The van der Waals surface area contributed by atoms with E-state index in [4.69, 9.17) is 0 Å². The second-order valence-corrected chi connectivity index (χ2v) is 8.58. The minimum absolute atomic E-state index is 0.108. The SMILES string of the molecule is O=C(N[C@@H]1c2ccccc2C[C@@H]1O)[C@H]1[C@@H]2CNC[C@@H](C2)[C@@H]2CCCC(=O)N21. The van der Waals surface area contributed by atoms with E-state index in [2.05, 4.69) is 10.6 Å². The van der Waals surface area contributed by atoms with Crippen LogP contribution in [-0.4, -0.2) is 53.1 Å². The summed E-state index contributed by atoms with van der Waals surface area (Å²) in [6.07, 6.45) is 3.41. The lowest BCUT2D eigenvalue weighted by atomic mass is 9.72. The van der Waals surface area contributed by atoms with Gasteiger partial charge in [0.05, 0.1) is 12.1 Å². The molecule has 1 aliphatic carbocycles. The van der Waals surface area contributed by atoms with Crippen LogP contribution in [0, 0.1) is 11.8 Å². The first kappa shape index (κ1) is 17.2. The standard InChI is InChI=1S/C21H27N3O3/c25-17-9-12-4-1-2-5-15(12)19(17)23-21(27)20-14-8-13(10-22-11-14)16-6-3-7-18(26)24(16)20/h1-2,4-5,13-14,16-17,19-20,22,25H,3,6-11H2,(H,23,27)/t13-,14+,16+,17+,19-,20-/m1/s1. The van der Waals surface area contributed by atoms with Gasteiger partial charge in [0.25, 0.3) is 0 Å². The molecule has 1 aromatic rings. The molecule has 0 spiro atoms. The molecule has 3 heterocycles. The topological polar surface area (TPSA) is 81.7 Å². The van der Waals surface area contributed by atoms with E-state index >= 15 is 0 Å². The third-order valence-corrected chi connectivity index (χ3v) is 7.02. The van der Waals surface area contributed by atoms with Gasteiger partial charge in [-0.2, -0.15) is 0 Å². The average molecular weight is 369 g/mol. The predicted molar refractivity (Wildman–Crippen MR) is 99.8 cm³/mol. The Balaban J connectivity index is 1.42. The first-order valence-electron chi connectivity index (χ1n) is 10.2. The van der Waals surface area contributed by atoms with Crippen molar-refractivity contribution in [2.24, 2.45) is 11.8 Å². The molecular weight excluding hydrogens is 342 g/mol. The van der Waals surface area contributed by atoms with Gasteiger partial charge in [0.15, 0.2) is 0 Å². The van der Waals surface area contributed by atoms with Crippen molar-refractivity contribution in [1.29, 1.82) is 0 Å². The summed E-state index contributed by atoms with van der Waals surface area (Å²) >= 11 is 0. The molecule has 5 rings (SSSR count). The molecule has 3 saturated heterocycles. The van der Waals surface area contributed by atoms with Crippen LogP contribution < -0.4 is 10.6 Å². The average Bonchev–Trinajstić information content (AvgIpc) is 2.98. The zero-order valence-electron chi connectivity index (χ0n) is 15.4. The highest BCUT2D eigenvalue weighted by atomic mass is 16.3. The highest BCUT2D eigenvalue weighted by molar-refractivity contribution is 5.89. The van der Waals surface area contributed by atoms with Gasteiger partial charge in [0.2, 0.25) is 11.8 Å². The van der Waals surface area contributed by atoms with Crippen LogP contribution >= 0.6 is 0 Å². The quantitative estimate of drug-likeness (QED) is 0.719. The van der Waals surface area contributed by atoms with Gasteiger partial charge in [0, 0.05) is 31.3 Å². The molecule has 6 heteroatoms. The Labute approximate surface area is 159 Å². The van der Waals surface area contributed by atoms with Crippen LogP contribution in [-0.2, 0) is 16.0 Å². The van der Waals surface area contributed by atoms with E-state index in [1.54, 1.807) is 0 Å². The molecule has 3 aliphatic heterocycles. The maximum Gasteiger partial charge on any atom is 0.243 e. The first-order valence-corrected chi connectivity index (χ1v) is 10.2. The molecule has 144 valence electrons. The lowest BCUT2D eigenvalue weighted by Gasteiger charge is -2.54. The van der Waals surface area contributed by atoms with Gasteiger partial charge in [0.1, 0.15) is 6.04 Å². The van der Waals surface area contributed by atoms with Crippen molar-refractivity contribution in [1.82, 2.24) is 15.5 Å². The molecule has 0 saturated carbocycles. The fourth-order valence-corrected chi connectivity index (χ4v) is 5.84. The van der Waals surface area contributed by atoms with E-state index in [9.17, 15) is 14.7 Å². The largest absolute Gasteiger partial charge is 0.390 e. The van der Waals surface area contributed by atoms with Crippen LogP contribution in [0.4, 0.5) is 0 Å². The minimum Gasteiger partial charge on any atom is -0.390 e. The maximum atomic E-state index is 13.4. The van der Waals surface area contributed by atoms with Crippen molar-refractivity contribution < 1.29 is 14.7 Å². The van der Waals surface area contributed by atoms with E-state index in [-0.39, 0.29) is 29.8 Å². The summed E-state index contributed by atoms with van der Waals surface area (Å²) in [6, 6.07) is 7.24. The van der Waals surface area contributed by atoms with Crippen LogP contribution in [0.5, 0.6) is 0 Å². The van der Waals surface area contributed by atoms with Gasteiger partial charge in [-0.15, -0.1) is 0 Å². The van der Waals surface area contributed by atoms with Gasteiger partial charge >= 0.3 is 0 Å². The third-order valence-electron chi connectivity index (χ3n) is 7.02. The molecule has 0 aromatic heterocycles. The minimum atomic E-state index is -0.611. The molecule has 2 bridgehead atoms. The zero-order valence-corrected chi connectivity index (χ0v) is 15.4. The number of nitrogens with zero attached hydrogens (tertiary/aromatic N) is 1. The summed E-state index contributed by atoms with van der Waals surface area (Å²) in [5.74, 6) is 0.615. The molecule has 3 N–H and O–H groups in total. The monoisotopic (exact) mass is 369 g/mol. The third kappa shape index (κ3) is 2.77. The van der Waals surface area contributed by atoms with Gasteiger partial charge < -0.3 is 20.6 Å². The van der Waals surface area contributed by atoms with Crippen LogP contribution in [0.3, 0.4) is 0 Å². The highest BCUT2D eigenvalue weighted by Gasteiger charge is 2.51. The second-order valence-electron chi connectivity index (χ2n) is 8.58. The number of hydrogen-bond acceptors (Lipinski definition) is 4. The predicted octanol–water partition coefficient (Wildman–Crippen LogP) is 0.750. The smallest absolute Gasteiger partial charge is 0.243 e. The number of aliphatic hydroxyl groups is 1. The van der Waals surface area contributed by atoms with Crippen molar-refractivity contribution in [2.75, 3.05) is 13.1 Å². The number of piperidine rings is 3. The summed E-state index contributed by atoms with van der Waals surface area (Å²) in [5.41, 5.74) is 2.08. The van der Waals surface area contributed by atoms with Crippen LogP contribution in [0.15, 0.2) is 24.3 Å². The molecule has 0 radical (unpaired) electrons. The normalized spacial score (nSPS) is 37.5. The Kier molecular flexibility index (Phi) is 4.20. The van der Waals surface area contributed by atoms with Crippen molar-refractivity contribution in [3.05, 3.63) is 35.4 Å². The van der Waals surface area contributed by atoms with Crippen molar-refractivity contribution in [3.63, 3.8) is 0 Å². The van der Waals surface area contributed by atoms with Crippen molar-refractivity contribution >= 4 is 11.8 Å². The van der Waals surface area contributed by atoms with Gasteiger partial charge in [-0.25, -0.2) is 0 Å². The number of amides is 2. The van der Waals surface area contributed by atoms with Gasteiger partial charge in [-0.1, -0.05) is 24.3 Å². The van der Waals surface area contributed by atoms with Crippen LogP contribution in [0.1, 0.15) is 42.9 Å².